The van der Waals surface area contributed by atoms with Crippen LogP contribution in [0.1, 0.15) is 20.9 Å². The zero-order chi connectivity index (χ0) is 17.6. The number of hydrogen-bond donors (Lipinski definition) is 3. The molecule has 10 heteroatoms. The summed E-state index contributed by atoms with van der Waals surface area (Å²) in [6.45, 7) is 0.113. The second-order valence-corrected chi connectivity index (χ2v) is 6.11. The fourth-order valence-corrected chi connectivity index (χ4v) is 3.39. The molecule has 0 unspecified atom stereocenters. The third kappa shape index (κ3) is 2.48. The zero-order valence-corrected chi connectivity index (χ0v) is 13.3. The number of ether oxygens (including phenoxy) is 2. The van der Waals surface area contributed by atoms with Crippen molar-refractivity contribution in [1.29, 1.82) is 0 Å². The summed E-state index contributed by atoms with van der Waals surface area (Å²) in [5, 5.41) is 22.5. The molecule has 0 saturated carbocycles. The number of nitrogen functional groups attached to an aromatic ring is 1. The fourth-order valence-electron chi connectivity index (χ4n) is 2.51. The minimum atomic E-state index is -1.09. The largest absolute Gasteiger partial charge is 0.477 e. The number of aromatic nitrogens is 2. The number of nitrogens with two attached hydrogens (primary N) is 1. The van der Waals surface area contributed by atoms with Crippen LogP contribution in [0, 0.1) is 0 Å². The molecule has 0 fully saturated rings. The van der Waals surface area contributed by atoms with E-state index in [0.29, 0.717) is 27.3 Å². The Balaban J connectivity index is 1.91. The summed E-state index contributed by atoms with van der Waals surface area (Å²) in [5.41, 5.74) is 6.58. The molecule has 0 aliphatic carbocycles. The van der Waals surface area contributed by atoms with E-state index in [4.69, 9.17) is 15.2 Å². The van der Waals surface area contributed by atoms with Gasteiger partial charge in [-0.15, -0.1) is 11.3 Å². The number of carboxylic acids is 1. The first kappa shape index (κ1) is 15.1. The third-order valence-corrected chi connectivity index (χ3v) is 4.61. The van der Waals surface area contributed by atoms with Crippen LogP contribution in [0.15, 0.2) is 29.4 Å². The molecule has 0 radical (unpaired) electrons. The number of aromatic carboxylic acids is 1. The van der Waals surface area contributed by atoms with E-state index in [-0.39, 0.29) is 29.0 Å². The van der Waals surface area contributed by atoms with Crippen molar-refractivity contribution in [2.24, 2.45) is 5.16 Å². The Morgan fingerprint density at radius 2 is 2.04 bits per heavy atom. The maximum Gasteiger partial charge on any atom is 0.345 e. The van der Waals surface area contributed by atoms with Crippen LogP contribution < -0.4 is 15.2 Å². The molecule has 126 valence electrons. The Labute approximate surface area is 144 Å². The van der Waals surface area contributed by atoms with E-state index < -0.39 is 5.97 Å². The van der Waals surface area contributed by atoms with Crippen molar-refractivity contribution in [2.45, 2.75) is 0 Å². The molecule has 0 saturated heterocycles. The standard InChI is InChI=1S/C15H10N4O5S/c16-15-17-12(7-4-10(14(20)21)25-13(7)18-15)11(19-22)6-1-2-8-9(3-6)24-5-23-8/h1-4,22H,5H2,(H,20,21)(H2,16,17,18). The number of benzene rings is 1. The number of anilines is 1. The maximum atomic E-state index is 11.2. The van der Waals surface area contributed by atoms with E-state index in [0.717, 1.165) is 11.3 Å². The highest BCUT2D eigenvalue weighted by molar-refractivity contribution is 7.20. The summed E-state index contributed by atoms with van der Waals surface area (Å²) in [6.07, 6.45) is 0. The number of carbonyl (C=O) groups is 1. The average molecular weight is 358 g/mol. The van der Waals surface area contributed by atoms with Gasteiger partial charge in [0.05, 0.1) is 0 Å². The van der Waals surface area contributed by atoms with Gasteiger partial charge >= 0.3 is 5.97 Å². The fraction of sp³-hybridized carbons (Fsp3) is 0.0667. The van der Waals surface area contributed by atoms with Gasteiger partial charge in [0.15, 0.2) is 11.5 Å². The second-order valence-electron chi connectivity index (χ2n) is 5.08. The number of carboxylic acid groups (broad SMARTS) is 1. The van der Waals surface area contributed by atoms with Crippen LogP contribution in [0.5, 0.6) is 11.5 Å². The maximum absolute atomic E-state index is 11.2. The first-order valence-electron chi connectivity index (χ1n) is 6.99. The van der Waals surface area contributed by atoms with Crippen molar-refractivity contribution in [3.63, 3.8) is 0 Å². The van der Waals surface area contributed by atoms with E-state index >= 15 is 0 Å². The molecule has 1 aliphatic rings. The average Bonchev–Trinajstić information content (AvgIpc) is 3.21. The highest BCUT2D eigenvalue weighted by Gasteiger charge is 2.22. The van der Waals surface area contributed by atoms with E-state index in [2.05, 4.69) is 15.1 Å². The minimum Gasteiger partial charge on any atom is -0.477 e. The molecule has 25 heavy (non-hydrogen) atoms. The van der Waals surface area contributed by atoms with E-state index in [9.17, 15) is 15.1 Å². The van der Waals surface area contributed by atoms with Gasteiger partial charge in [-0.05, 0) is 24.3 Å². The number of nitrogens with zero attached hydrogens (tertiary/aromatic N) is 3. The third-order valence-electron chi connectivity index (χ3n) is 3.59. The molecular weight excluding hydrogens is 348 g/mol. The van der Waals surface area contributed by atoms with Gasteiger partial charge in [0.1, 0.15) is 21.1 Å². The highest BCUT2D eigenvalue weighted by Crippen LogP contribution is 2.34. The first-order chi connectivity index (χ1) is 12.1. The summed E-state index contributed by atoms with van der Waals surface area (Å²) in [4.78, 5) is 19.9. The Kier molecular flexibility index (Phi) is 3.39. The topological polar surface area (TPSA) is 140 Å². The van der Waals surface area contributed by atoms with Crippen molar-refractivity contribution in [1.82, 2.24) is 9.97 Å². The van der Waals surface area contributed by atoms with Crippen LogP contribution in [-0.4, -0.2) is 38.8 Å². The molecule has 0 spiro atoms. The van der Waals surface area contributed by atoms with Gasteiger partial charge in [-0.3, -0.25) is 0 Å². The minimum absolute atomic E-state index is 0.0526. The van der Waals surface area contributed by atoms with Crippen LogP contribution in [0.2, 0.25) is 0 Å². The Morgan fingerprint density at radius 1 is 1.24 bits per heavy atom. The lowest BCUT2D eigenvalue weighted by Gasteiger charge is -2.07. The van der Waals surface area contributed by atoms with Crippen LogP contribution in [-0.2, 0) is 0 Å². The van der Waals surface area contributed by atoms with Crippen molar-refractivity contribution in [2.75, 3.05) is 12.5 Å². The normalized spacial score (nSPS) is 13.4. The van der Waals surface area contributed by atoms with E-state index in [1.807, 2.05) is 0 Å². The first-order valence-corrected chi connectivity index (χ1v) is 7.81. The zero-order valence-electron chi connectivity index (χ0n) is 12.5. The molecular formula is C15H10N4O5S. The van der Waals surface area contributed by atoms with Crippen molar-refractivity contribution < 1.29 is 24.6 Å². The molecule has 0 atom stereocenters. The van der Waals surface area contributed by atoms with Crippen molar-refractivity contribution >= 4 is 39.2 Å². The quantitative estimate of drug-likeness (QED) is 0.366. The number of oxime groups is 1. The number of rotatable bonds is 3. The van der Waals surface area contributed by atoms with Crippen LogP contribution in [0.3, 0.4) is 0 Å². The lowest BCUT2D eigenvalue weighted by molar-refractivity contribution is 0.0702. The molecule has 1 aliphatic heterocycles. The predicted octanol–water partition coefficient (Wildman–Crippen LogP) is 1.93. The molecule has 3 aromatic rings. The Hall–Kier alpha value is -3.40. The molecule has 2 aromatic heterocycles. The predicted molar refractivity (Wildman–Crippen MR) is 88.8 cm³/mol. The highest BCUT2D eigenvalue weighted by atomic mass is 32.1. The molecule has 4 N–H and O–H groups in total. The number of thiophene rings is 1. The van der Waals surface area contributed by atoms with Gasteiger partial charge in [-0.1, -0.05) is 5.16 Å². The molecule has 3 heterocycles. The summed E-state index contributed by atoms with van der Waals surface area (Å²) < 4.78 is 10.6. The summed E-state index contributed by atoms with van der Waals surface area (Å²) in [6, 6.07) is 6.43. The van der Waals surface area contributed by atoms with E-state index in [1.54, 1.807) is 18.2 Å². The molecule has 9 nitrogen and oxygen atoms in total. The molecule has 0 amide bonds. The number of fused-ring (bicyclic) bond motifs is 2. The SMILES string of the molecule is Nc1nc(C(=NO)c2ccc3c(c2)OCO3)c2cc(C(=O)O)sc2n1. The monoisotopic (exact) mass is 358 g/mol. The summed E-state index contributed by atoms with van der Waals surface area (Å²) >= 11 is 0.965. The van der Waals surface area contributed by atoms with Crippen molar-refractivity contribution in [3.8, 4) is 11.5 Å². The lowest BCUT2D eigenvalue weighted by atomic mass is 10.0. The molecule has 1 aromatic carbocycles. The van der Waals surface area contributed by atoms with Crippen LogP contribution in [0.25, 0.3) is 10.2 Å². The van der Waals surface area contributed by atoms with Crippen LogP contribution >= 0.6 is 11.3 Å². The summed E-state index contributed by atoms with van der Waals surface area (Å²) in [5.74, 6) is -0.0492. The smallest absolute Gasteiger partial charge is 0.345 e. The van der Waals surface area contributed by atoms with Gasteiger partial charge in [-0.25, -0.2) is 14.8 Å². The van der Waals surface area contributed by atoms with Crippen molar-refractivity contribution in [3.05, 3.63) is 40.4 Å². The number of hydrogen-bond acceptors (Lipinski definition) is 9. The Bertz CT molecular complexity index is 1050. The second kappa shape index (κ2) is 5.60. The van der Waals surface area contributed by atoms with Gasteiger partial charge < -0.3 is 25.5 Å². The van der Waals surface area contributed by atoms with Gasteiger partial charge in [0.25, 0.3) is 0 Å². The van der Waals surface area contributed by atoms with Crippen LogP contribution in [0.4, 0.5) is 5.95 Å². The molecule has 4 rings (SSSR count). The Morgan fingerprint density at radius 3 is 2.80 bits per heavy atom. The van der Waals surface area contributed by atoms with E-state index in [1.165, 1.54) is 6.07 Å². The van der Waals surface area contributed by atoms with Gasteiger partial charge in [-0.2, -0.15) is 0 Å². The molecule has 0 bridgehead atoms. The summed E-state index contributed by atoms with van der Waals surface area (Å²) in [7, 11) is 0. The lowest BCUT2D eigenvalue weighted by Crippen LogP contribution is -2.09. The van der Waals surface area contributed by atoms with Gasteiger partial charge in [0.2, 0.25) is 12.7 Å². The van der Waals surface area contributed by atoms with Gasteiger partial charge in [0, 0.05) is 10.9 Å².